The van der Waals surface area contributed by atoms with Crippen molar-refractivity contribution in [2.24, 2.45) is 0 Å². The lowest BCUT2D eigenvalue weighted by Gasteiger charge is -2.27. The number of carbonyl (C=O) groups is 1. The topological polar surface area (TPSA) is 54.5 Å². The lowest BCUT2D eigenvalue weighted by molar-refractivity contribution is 0.102. The number of hydrogen-bond donors (Lipinski definition) is 1. The van der Waals surface area contributed by atoms with E-state index in [1.807, 2.05) is 37.3 Å². The molecular weight excluding hydrogens is 302 g/mol. The number of nitrogens with zero attached hydrogens (tertiary/aromatic N) is 2. The lowest BCUT2D eigenvalue weighted by Crippen LogP contribution is -2.30. The number of aromatic nitrogens is 1. The van der Waals surface area contributed by atoms with E-state index in [2.05, 4.69) is 15.2 Å². The minimum absolute atomic E-state index is 0.125. The van der Waals surface area contributed by atoms with E-state index in [4.69, 9.17) is 4.74 Å². The van der Waals surface area contributed by atoms with Crippen LogP contribution in [-0.4, -0.2) is 30.6 Å². The summed E-state index contributed by atoms with van der Waals surface area (Å²) in [4.78, 5) is 19.1. The molecule has 0 atom stereocenters. The van der Waals surface area contributed by atoms with Crippen LogP contribution in [0.15, 0.2) is 42.6 Å². The minimum Gasteiger partial charge on any atom is -0.494 e. The van der Waals surface area contributed by atoms with Gasteiger partial charge in [0.1, 0.15) is 11.6 Å². The summed E-state index contributed by atoms with van der Waals surface area (Å²) in [7, 11) is 0. The van der Waals surface area contributed by atoms with Crippen LogP contribution >= 0.6 is 0 Å². The molecule has 1 fully saturated rings. The van der Waals surface area contributed by atoms with Gasteiger partial charge >= 0.3 is 0 Å². The maximum Gasteiger partial charge on any atom is 0.255 e. The molecule has 0 bridgehead atoms. The van der Waals surface area contributed by atoms with E-state index in [1.165, 1.54) is 19.3 Å². The van der Waals surface area contributed by atoms with Gasteiger partial charge in [0.25, 0.3) is 5.91 Å². The SMILES string of the molecule is CCOc1ccc(NC(=O)c2ccnc(N3CCCCC3)c2)cc1. The van der Waals surface area contributed by atoms with Crippen LogP contribution in [0.5, 0.6) is 5.75 Å². The highest BCUT2D eigenvalue weighted by Crippen LogP contribution is 2.20. The summed E-state index contributed by atoms with van der Waals surface area (Å²) in [5.74, 6) is 1.56. The third-order valence-corrected chi connectivity index (χ3v) is 4.11. The average Bonchev–Trinajstić information content (AvgIpc) is 2.64. The van der Waals surface area contributed by atoms with Crippen LogP contribution in [0, 0.1) is 0 Å². The second-order valence-corrected chi connectivity index (χ2v) is 5.86. The first-order chi connectivity index (χ1) is 11.8. The summed E-state index contributed by atoms with van der Waals surface area (Å²) < 4.78 is 5.41. The minimum atomic E-state index is -0.125. The molecule has 0 saturated carbocycles. The van der Waals surface area contributed by atoms with Gasteiger partial charge in [-0.15, -0.1) is 0 Å². The van der Waals surface area contributed by atoms with E-state index >= 15 is 0 Å². The number of benzene rings is 1. The van der Waals surface area contributed by atoms with E-state index in [-0.39, 0.29) is 5.91 Å². The molecule has 1 aromatic heterocycles. The summed E-state index contributed by atoms with van der Waals surface area (Å²) in [5, 5.41) is 2.92. The lowest BCUT2D eigenvalue weighted by atomic mass is 10.1. The Morgan fingerprint density at radius 3 is 2.62 bits per heavy atom. The van der Waals surface area contributed by atoms with Crippen molar-refractivity contribution in [2.45, 2.75) is 26.2 Å². The number of nitrogens with one attached hydrogen (secondary N) is 1. The summed E-state index contributed by atoms with van der Waals surface area (Å²) in [5.41, 5.74) is 1.37. The molecule has 0 unspecified atom stereocenters. The number of ether oxygens (including phenoxy) is 1. The Hall–Kier alpha value is -2.56. The Balaban J connectivity index is 1.68. The number of hydrogen-bond acceptors (Lipinski definition) is 4. The number of anilines is 2. The Morgan fingerprint density at radius 1 is 1.17 bits per heavy atom. The predicted molar refractivity (Wildman–Crippen MR) is 95.9 cm³/mol. The number of amides is 1. The molecule has 1 aromatic carbocycles. The Bertz CT molecular complexity index is 679. The normalized spacial score (nSPS) is 14.3. The van der Waals surface area contributed by atoms with E-state index in [1.54, 1.807) is 12.3 Å². The van der Waals surface area contributed by atoms with E-state index in [0.717, 1.165) is 30.3 Å². The molecule has 126 valence electrons. The maximum absolute atomic E-state index is 12.5. The number of piperidine rings is 1. The van der Waals surface area contributed by atoms with Gasteiger partial charge in [0.15, 0.2) is 0 Å². The fraction of sp³-hybridized carbons (Fsp3) is 0.368. The van der Waals surface area contributed by atoms with Gasteiger partial charge in [0.2, 0.25) is 0 Å². The van der Waals surface area contributed by atoms with Crippen molar-refractivity contribution in [2.75, 3.05) is 29.9 Å². The van der Waals surface area contributed by atoms with Crippen molar-refractivity contribution in [3.8, 4) is 5.75 Å². The molecule has 24 heavy (non-hydrogen) atoms. The van der Waals surface area contributed by atoms with Gasteiger partial charge in [-0.3, -0.25) is 4.79 Å². The van der Waals surface area contributed by atoms with Crippen molar-refractivity contribution >= 4 is 17.4 Å². The first kappa shape index (κ1) is 16.3. The number of rotatable bonds is 5. The monoisotopic (exact) mass is 325 g/mol. The number of pyridine rings is 1. The zero-order valence-corrected chi connectivity index (χ0v) is 14.0. The molecule has 2 heterocycles. The zero-order valence-electron chi connectivity index (χ0n) is 14.0. The highest BCUT2D eigenvalue weighted by molar-refractivity contribution is 6.04. The third-order valence-electron chi connectivity index (χ3n) is 4.11. The van der Waals surface area contributed by atoms with Gasteiger partial charge in [-0.1, -0.05) is 0 Å². The second kappa shape index (κ2) is 7.81. The maximum atomic E-state index is 12.5. The van der Waals surface area contributed by atoms with E-state index in [9.17, 15) is 4.79 Å². The Morgan fingerprint density at radius 2 is 1.92 bits per heavy atom. The first-order valence-corrected chi connectivity index (χ1v) is 8.51. The van der Waals surface area contributed by atoms with Crippen LogP contribution in [-0.2, 0) is 0 Å². The van der Waals surface area contributed by atoms with Gasteiger partial charge in [-0.2, -0.15) is 0 Å². The summed E-state index contributed by atoms with van der Waals surface area (Å²) >= 11 is 0. The van der Waals surface area contributed by atoms with Gasteiger partial charge < -0.3 is 15.0 Å². The summed E-state index contributed by atoms with van der Waals surface area (Å²) in [6.45, 7) is 4.59. The van der Waals surface area contributed by atoms with Gasteiger partial charge in [0, 0.05) is 30.5 Å². The quantitative estimate of drug-likeness (QED) is 0.910. The fourth-order valence-corrected chi connectivity index (χ4v) is 2.86. The van der Waals surface area contributed by atoms with Gasteiger partial charge in [0.05, 0.1) is 6.61 Å². The molecule has 1 aliphatic rings. The molecule has 1 amide bonds. The molecule has 5 heteroatoms. The van der Waals surface area contributed by atoms with Crippen LogP contribution in [0.2, 0.25) is 0 Å². The van der Waals surface area contributed by atoms with Crippen molar-refractivity contribution in [1.29, 1.82) is 0 Å². The standard InChI is InChI=1S/C19H23N3O2/c1-2-24-17-8-6-16(7-9-17)21-19(23)15-10-11-20-18(14-15)22-12-4-3-5-13-22/h6-11,14H,2-5,12-13H2,1H3,(H,21,23). The van der Waals surface area contributed by atoms with Crippen LogP contribution < -0.4 is 15.0 Å². The first-order valence-electron chi connectivity index (χ1n) is 8.51. The van der Waals surface area contributed by atoms with Crippen LogP contribution in [0.1, 0.15) is 36.5 Å². The molecule has 0 aliphatic carbocycles. The molecule has 0 spiro atoms. The summed E-state index contributed by atoms with van der Waals surface area (Å²) in [6, 6.07) is 11.0. The molecule has 5 nitrogen and oxygen atoms in total. The molecule has 0 radical (unpaired) electrons. The van der Waals surface area contributed by atoms with E-state index in [0.29, 0.717) is 12.2 Å². The molecule has 3 rings (SSSR count). The molecule has 1 saturated heterocycles. The van der Waals surface area contributed by atoms with Crippen molar-refractivity contribution < 1.29 is 9.53 Å². The summed E-state index contributed by atoms with van der Waals surface area (Å²) in [6.07, 6.45) is 5.35. The number of carbonyl (C=O) groups excluding carboxylic acids is 1. The molecule has 2 aromatic rings. The largest absolute Gasteiger partial charge is 0.494 e. The zero-order chi connectivity index (χ0) is 16.8. The Kier molecular flexibility index (Phi) is 5.31. The van der Waals surface area contributed by atoms with Gasteiger partial charge in [-0.25, -0.2) is 4.98 Å². The smallest absolute Gasteiger partial charge is 0.255 e. The second-order valence-electron chi connectivity index (χ2n) is 5.86. The third kappa shape index (κ3) is 4.04. The highest BCUT2D eigenvalue weighted by Gasteiger charge is 2.14. The van der Waals surface area contributed by atoms with E-state index < -0.39 is 0 Å². The van der Waals surface area contributed by atoms with Crippen molar-refractivity contribution in [3.63, 3.8) is 0 Å². The average molecular weight is 325 g/mol. The van der Waals surface area contributed by atoms with Gasteiger partial charge in [-0.05, 0) is 62.6 Å². The Labute approximate surface area is 142 Å². The highest BCUT2D eigenvalue weighted by atomic mass is 16.5. The van der Waals surface area contributed by atoms with Crippen LogP contribution in [0.4, 0.5) is 11.5 Å². The molecular formula is C19H23N3O2. The van der Waals surface area contributed by atoms with Crippen molar-refractivity contribution in [1.82, 2.24) is 4.98 Å². The van der Waals surface area contributed by atoms with Crippen molar-refractivity contribution in [3.05, 3.63) is 48.2 Å². The van der Waals surface area contributed by atoms with Crippen LogP contribution in [0.3, 0.4) is 0 Å². The van der Waals surface area contributed by atoms with Crippen LogP contribution in [0.25, 0.3) is 0 Å². The molecule has 1 aliphatic heterocycles. The molecule has 1 N–H and O–H groups in total. The predicted octanol–water partition coefficient (Wildman–Crippen LogP) is 3.72. The fourth-order valence-electron chi connectivity index (χ4n) is 2.86.